The summed E-state index contributed by atoms with van der Waals surface area (Å²) >= 11 is 0. The van der Waals surface area contributed by atoms with E-state index in [4.69, 9.17) is 4.74 Å². The summed E-state index contributed by atoms with van der Waals surface area (Å²) in [5.41, 5.74) is 1.06. The van der Waals surface area contributed by atoms with E-state index in [2.05, 4.69) is 5.32 Å². The van der Waals surface area contributed by atoms with E-state index >= 15 is 0 Å². The van der Waals surface area contributed by atoms with Crippen LogP contribution in [0, 0.1) is 0 Å². The molecule has 0 aromatic heterocycles. The number of amides is 2. The molecule has 0 saturated heterocycles. The standard InChI is InChI=1S/C19H16N2O4/c1-19(10-12-6-2-3-7-13(12)17(23)25-19)18(24)21-11-16(22)20-14-8-4-5-9-15(14)21/h2-9H,10-11H2,1H3,(H,20,22). The minimum Gasteiger partial charge on any atom is -0.445 e. The van der Waals surface area contributed by atoms with Crippen molar-refractivity contribution in [1.29, 1.82) is 0 Å². The number of ether oxygens (including phenoxy) is 1. The molecule has 6 nitrogen and oxygen atoms in total. The van der Waals surface area contributed by atoms with Crippen LogP contribution in [0.5, 0.6) is 0 Å². The zero-order valence-corrected chi connectivity index (χ0v) is 13.6. The Morgan fingerprint density at radius 3 is 2.68 bits per heavy atom. The average Bonchev–Trinajstić information content (AvgIpc) is 2.60. The zero-order valence-electron chi connectivity index (χ0n) is 13.6. The Morgan fingerprint density at radius 2 is 1.84 bits per heavy atom. The van der Waals surface area contributed by atoms with E-state index < -0.39 is 17.5 Å². The number of benzene rings is 2. The van der Waals surface area contributed by atoms with Gasteiger partial charge in [0, 0.05) is 6.42 Å². The molecule has 2 aromatic carbocycles. The first-order valence-corrected chi connectivity index (χ1v) is 8.00. The number of para-hydroxylation sites is 2. The van der Waals surface area contributed by atoms with Crippen LogP contribution in [0.4, 0.5) is 11.4 Å². The van der Waals surface area contributed by atoms with Crippen LogP contribution in [0.25, 0.3) is 0 Å². The lowest BCUT2D eigenvalue weighted by Crippen LogP contribution is -2.56. The van der Waals surface area contributed by atoms with Gasteiger partial charge in [-0.3, -0.25) is 14.5 Å². The van der Waals surface area contributed by atoms with Gasteiger partial charge in [0.05, 0.1) is 16.9 Å². The van der Waals surface area contributed by atoms with Gasteiger partial charge in [0.2, 0.25) is 5.91 Å². The summed E-state index contributed by atoms with van der Waals surface area (Å²) < 4.78 is 5.50. The Hall–Kier alpha value is -3.15. The van der Waals surface area contributed by atoms with Crippen LogP contribution < -0.4 is 10.2 Å². The highest BCUT2D eigenvalue weighted by atomic mass is 16.6. The zero-order chi connectivity index (χ0) is 17.6. The van der Waals surface area contributed by atoms with Crippen molar-refractivity contribution in [2.45, 2.75) is 18.9 Å². The Labute approximate surface area is 144 Å². The molecule has 1 N–H and O–H groups in total. The Bertz CT molecular complexity index is 908. The first-order valence-electron chi connectivity index (χ1n) is 8.00. The molecule has 0 bridgehead atoms. The van der Waals surface area contributed by atoms with Gasteiger partial charge in [0.1, 0.15) is 6.54 Å². The van der Waals surface area contributed by atoms with Crippen LogP contribution in [-0.2, 0) is 20.7 Å². The van der Waals surface area contributed by atoms with Gasteiger partial charge in [0.15, 0.2) is 5.60 Å². The number of nitrogens with zero attached hydrogens (tertiary/aromatic N) is 1. The third-order valence-electron chi connectivity index (χ3n) is 4.55. The molecule has 2 aliphatic heterocycles. The Balaban J connectivity index is 1.72. The summed E-state index contributed by atoms with van der Waals surface area (Å²) in [6.45, 7) is 1.49. The second kappa shape index (κ2) is 5.44. The first kappa shape index (κ1) is 15.4. The van der Waals surface area contributed by atoms with Gasteiger partial charge in [-0.2, -0.15) is 0 Å². The number of carbonyl (C=O) groups excluding carboxylic acids is 3. The van der Waals surface area contributed by atoms with Crippen molar-refractivity contribution in [3.63, 3.8) is 0 Å². The summed E-state index contributed by atoms with van der Waals surface area (Å²) in [6, 6.07) is 14.2. The molecule has 2 amide bonds. The van der Waals surface area contributed by atoms with E-state index in [0.29, 0.717) is 16.9 Å². The molecule has 1 unspecified atom stereocenters. The maximum absolute atomic E-state index is 13.2. The van der Waals surface area contributed by atoms with Gasteiger partial charge in [-0.25, -0.2) is 4.79 Å². The molecule has 0 aliphatic carbocycles. The van der Waals surface area contributed by atoms with Gasteiger partial charge < -0.3 is 10.1 Å². The van der Waals surface area contributed by atoms with E-state index in [1.165, 1.54) is 4.90 Å². The normalized spacial score (nSPS) is 21.7. The SMILES string of the molecule is CC1(C(=O)N2CC(=O)Nc3ccccc32)Cc2ccccc2C(=O)O1. The molecular weight excluding hydrogens is 320 g/mol. The Kier molecular flexibility index (Phi) is 3.35. The van der Waals surface area contributed by atoms with Crippen molar-refractivity contribution in [3.05, 3.63) is 59.7 Å². The fourth-order valence-corrected chi connectivity index (χ4v) is 3.35. The van der Waals surface area contributed by atoms with Gasteiger partial charge in [-0.1, -0.05) is 30.3 Å². The number of hydrogen-bond donors (Lipinski definition) is 1. The van der Waals surface area contributed by atoms with Crippen LogP contribution in [0.1, 0.15) is 22.8 Å². The quantitative estimate of drug-likeness (QED) is 0.810. The third-order valence-corrected chi connectivity index (χ3v) is 4.55. The molecule has 0 fully saturated rings. The van der Waals surface area contributed by atoms with Crippen molar-refractivity contribution in [1.82, 2.24) is 0 Å². The molecule has 6 heteroatoms. The van der Waals surface area contributed by atoms with Gasteiger partial charge in [-0.05, 0) is 30.7 Å². The largest absolute Gasteiger partial charge is 0.445 e. The molecule has 2 aromatic rings. The summed E-state index contributed by atoms with van der Waals surface area (Å²) in [5, 5.41) is 2.74. The maximum Gasteiger partial charge on any atom is 0.339 e. The second-order valence-electron chi connectivity index (χ2n) is 6.41. The predicted molar refractivity (Wildman–Crippen MR) is 91.4 cm³/mol. The van der Waals surface area contributed by atoms with E-state index in [9.17, 15) is 14.4 Å². The number of cyclic esters (lactones) is 1. The van der Waals surface area contributed by atoms with Crippen LogP contribution >= 0.6 is 0 Å². The average molecular weight is 336 g/mol. The molecule has 0 saturated carbocycles. The number of hydrogen-bond acceptors (Lipinski definition) is 4. The lowest BCUT2D eigenvalue weighted by Gasteiger charge is -2.38. The van der Waals surface area contributed by atoms with Crippen molar-refractivity contribution in [2.24, 2.45) is 0 Å². The number of fused-ring (bicyclic) bond motifs is 2. The van der Waals surface area contributed by atoms with Crippen LogP contribution in [0.3, 0.4) is 0 Å². The second-order valence-corrected chi connectivity index (χ2v) is 6.41. The fraction of sp³-hybridized carbons (Fsp3) is 0.211. The van der Waals surface area contributed by atoms with Crippen LogP contribution in [-0.4, -0.2) is 29.9 Å². The molecule has 0 spiro atoms. The van der Waals surface area contributed by atoms with Gasteiger partial charge in [0.25, 0.3) is 5.91 Å². The highest BCUT2D eigenvalue weighted by Gasteiger charge is 2.46. The smallest absolute Gasteiger partial charge is 0.339 e. The summed E-state index contributed by atoms with van der Waals surface area (Å²) in [4.78, 5) is 38.9. The highest BCUT2D eigenvalue weighted by molar-refractivity contribution is 6.13. The molecule has 2 aliphatic rings. The van der Waals surface area contributed by atoms with Crippen molar-refractivity contribution in [2.75, 3.05) is 16.8 Å². The molecular formula is C19H16N2O4. The number of esters is 1. The number of nitrogens with one attached hydrogen (secondary N) is 1. The lowest BCUT2D eigenvalue weighted by molar-refractivity contribution is -0.137. The van der Waals surface area contributed by atoms with Gasteiger partial charge in [-0.15, -0.1) is 0 Å². The number of anilines is 2. The van der Waals surface area contributed by atoms with E-state index in [-0.39, 0.29) is 18.9 Å². The van der Waals surface area contributed by atoms with Crippen molar-refractivity contribution < 1.29 is 19.1 Å². The predicted octanol–water partition coefficient (Wildman–Crippen LogP) is 2.14. The first-order chi connectivity index (χ1) is 12.0. The van der Waals surface area contributed by atoms with E-state index in [0.717, 1.165) is 5.56 Å². The van der Waals surface area contributed by atoms with Crippen molar-refractivity contribution >= 4 is 29.2 Å². The summed E-state index contributed by atoms with van der Waals surface area (Å²) in [5.74, 6) is -1.21. The number of rotatable bonds is 1. The minimum absolute atomic E-state index is 0.107. The topological polar surface area (TPSA) is 75.7 Å². The molecule has 25 heavy (non-hydrogen) atoms. The minimum atomic E-state index is -1.35. The number of carbonyl (C=O) groups is 3. The fourth-order valence-electron chi connectivity index (χ4n) is 3.35. The Morgan fingerprint density at radius 1 is 1.12 bits per heavy atom. The van der Waals surface area contributed by atoms with Crippen molar-refractivity contribution in [3.8, 4) is 0 Å². The summed E-state index contributed by atoms with van der Waals surface area (Å²) in [6.07, 6.45) is 0.272. The monoisotopic (exact) mass is 336 g/mol. The van der Waals surface area contributed by atoms with Crippen LogP contribution in [0.2, 0.25) is 0 Å². The van der Waals surface area contributed by atoms with Gasteiger partial charge >= 0.3 is 5.97 Å². The molecule has 0 radical (unpaired) electrons. The summed E-state index contributed by atoms with van der Waals surface area (Å²) in [7, 11) is 0. The van der Waals surface area contributed by atoms with E-state index in [1.54, 1.807) is 43.3 Å². The lowest BCUT2D eigenvalue weighted by atomic mass is 9.88. The molecule has 4 rings (SSSR count). The molecule has 2 heterocycles. The maximum atomic E-state index is 13.2. The third kappa shape index (κ3) is 2.46. The molecule has 1 atom stereocenters. The molecule has 126 valence electrons. The van der Waals surface area contributed by atoms with E-state index in [1.807, 2.05) is 12.1 Å². The highest BCUT2D eigenvalue weighted by Crippen LogP contribution is 2.35. The van der Waals surface area contributed by atoms with Crippen LogP contribution in [0.15, 0.2) is 48.5 Å².